The summed E-state index contributed by atoms with van der Waals surface area (Å²) >= 11 is 6.39. The van der Waals surface area contributed by atoms with Crippen molar-refractivity contribution in [3.05, 3.63) is 71.6 Å². The maximum absolute atomic E-state index is 13.1. The normalized spacial score (nSPS) is 13.8. The van der Waals surface area contributed by atoms with Crippen LogP contribution in [0.5, 0.6) is 0 Å². The molecule has 1 aliphatic rings. The average molecular weight is 490 g/mol. The fraction of sp³-hybridized carbons (Fsp3) is 0.269. The summed E-state index contributed by atoms with van der Waals surface area (Å²) in [6.07, 6.45) is 5.45. The fourth-order valence-electron chi connectivity index (χ4n) is 4.54. The first-order valence-electron chi connectivity index (χ1n) is 11.7. The first kappa shape index (κ1) is 23.0. The van der Waals surface area contributed by atoms with Gasteiger partial charge in [0, 0.05) is 63.1 Å². The molecule has 0 bridgehead atoms. The molecule has 0 saturated carbocycles. The molecule has 0 aliphatic carbocycles. The molecule has 5 rings (SSSR count). The number of hydrogen-bond acceptors (Lipinski definition) is 6. The van der Waals surface area contributed by atoms with E-state index in [2.05, 4.69) is 20.5 Å². The molecule has 0 spiro atoms. The summed E-state index contributed by atoms with van der Waals surface area (Å²) < 4.78 is 1.99. The minimum atomic E-state index is 0.0598. The highest BCUT2D eigenvalue weighted by Gasteiger charge is 2.24. The monoisotopic (exact) mass is 489 g/mol. The Hall–Kier alpha value is -3.78. The van der Waals surface area contributed by atoms with E-state index in [1.165, 1.54) is 0 Å². The minimum absolute atomic E-state index is 0.0598. The molecule has 0 atom stereocenters. The summed E-state index contributed by atoms with van der Waals surface area (Å²) in [4.78, 5) is 26.2. The highest BCUT2D eigenvalue weighted by atomic mass is 35.5. The zero-order valence-electron chi connectivity index (χ0n) is 19.8. The van der Waals surface area contributed by atoms with Gasteiger partial charge in [-0.3, -0.25) is 14.2 Å². The van der Waals surface area contributed by atoms with Gasteiger partial charge >= 0.3 is 0 Å². The number of anilines is 3. The number of fused-ring (bicyclic) bond motifs is 1. The van der Waals surface area contributed by atoms with Crippen LogP contribution in [0.15, 0.2) is 61.1 Å². The Morgan fingerprint density at radius 2 is 1.83 bits per heavy atom. The number of aromatic nitrogens is 3. The highest BCUT2D eigenvalue weighted by molar-refractivity contribution is 6.33. The number of carbonyl (C=O) groups excluding carboxylic acids is 1. The van der Waals surface area contributed by atoms with E-state index >= 15 is 0 Å². The Morgan fingerprint density at radius 3 is 2.54 bits per heavy atom. The number of piperazine rings is 1. The number of hydrogen-bond donors (Lipinski definition) is 2. The first-order valence-corrected chi connectivity index (χ1v) is 12.0. The molecule has 1 fully saturated rings. The second kappa shape index (κ2) is 9.84. The zero-order chi connectivity index (χ0) is 24.4. The van der Waals surface area contributed by atoms with Crippen LogP contribution in [0.25, 0.3) is 16.9 Å². The zero-order valence-corrected chi connectivity index (χ0v) is 20.6. The van der Waals surface area contributed by atoms with Crippen molar-refractivity contribution < 1.29 is 4.79 Å². The van der Waals surface area contributed by atoms with Crippen molar-refractivity contribution in [2.24, 2.45) is 0 Å². The van der Waals surface area contributed by atoms with E-state index in [9.17, 15) is 4.79 Å². The number of aryl methyl sites for hydroxylation is 1. The molecule has 180 valence electrons. The van der Waals surface area contributed by atoms with Gasteiger partial charge in [0.25, 0.3) is 0 Å². The number of carbonyl (C=O) groups is 1. The summed E-state index contributed by atoms with van der Waals surface area (Å²) in [5.41, 5.74) is 5.71. The Bertz CT molecular complexity index is 1320. The smallest absolute Gasteiger partial charge is 0.242 e. The van der Waals surface area contributed by atoms with Crippen molar-refractivity contribution in [2.75, 3.05) is 55.3 Å². The molecule has 4 aromatic rings. The molecular formula is C26H28ClN7O. The molecule has 0 radical (unpaired) electrons. The van der Waals surface area contributed by atoms with Gasteiger partial charge in [-0.15, -0.1) is 0 Å². The van der Waals surface area contributed by atoms with Crippen LogP contribution >= 0.6 is 11.6 Å². The number of benzene rings is 1. The van der Waals surface area contributed by atoms with E-state index < -0.39 is 0 Å². The topological polar surface area (TPSA) is 77.8 Å². The van der Waals surface area contributed by atoms with Crippen LogP contribution in [0.2, 0.25) is 5.02 Å². The van der Waals surface area contributed by atoms with Crippen LogP contribution in [0.4, 0.5) is 17.2 Å². The minimum Gasteiger partial charge on any atom is -0.388 e. The lowest BCUT2D eigenvalue weighted by atomic mass is 10.1. The van der Waals surface area contributed by atoms with Crippen LogP contribution in [0.3, 0.4) is 0 Å². The molecule has 3 aromatic heterocycles. The van der Waals surface area contributed by atoms with Gasteiger partial charge in [-0.1, -0.05) is 29.8 Å². The van der Waals surface area contributed by atoms with E-state index in [4.69, 9.17) is 16.6 Å². The predicted octanol–water partition coefficient (Wildman–Crippen LogP) is 4.16. The summed E-state index contributed by atoms with van der Waals surface area (Å²) in [5, 5.41) is 7.16. The number of nitrogens with zero attached hydrogens (tertiary/aromatic N) is 5. The van der Waals surface area contributed by atoms with E-state index in [1.807, 2.05) is 78.1 Å². The Balaban J connectivity index is 1.29. The first-order chi connectivity index (χ1) is 17.0. The summed E-state index contributed by atoms with van der Waals surface area (Å²) in [5.74, 6) is 0.869. The Kier molecular flexibility index (Phi) is 6.46. The van der Waals surface area contributed by atoms with E-state index in [0.29, 0.717) is 18.1 Å². The quantitative estimate of drug-likeness (QED) is 0.423. The Labute approximate surface area is 209 Å². The predicted molar refractivity (Wildman–Crippen MR) is 141 cm³/mol. The average Bonchev–Trinajstić information content (AvgIpc) is 3.26. The van der Waals surface area contributed by atoms with Crippen LogP contribution in [-0.4, -0.2) is 64.9 Å². The van der Waals surface area contributed by atoms with E-state index in [-0.39, 0.29) is 12.5 Å². The number of nitrogens with one attached hydrogen (secondary N) is 2. The maximum atomic E-state index is 13.1. The van der Waals surface area contributed by atoms with Crippen molar-refractivity contribution >= 4 is 40.3 Å². The fourth-order valence-corrected chi connectivity index (χ4v) is 4.86. The van der Waals surface area contributed by atoms with Crippen LogP contribution in [0.1, 0.15) is 5.56 Å². The summed E-state index contributed by atoms with van der Waals surface area (Å²) in [6, 6.07) is 14.0. The third-order valence-electron chi connectivity index (χ3n) is 6.39. The highest BCUT2D eigenvalue weighted by Crippen LogP contribution is 2.31. The number of amides is 1. The van der Waals surface area contributed by atoms with E-state index in [1.54, 1.807) is 6.20 Å². The van der Waals surface area contributed by atoms with Gasteiger partial charge in [0.15, 0.2) is 0 Å². The van der Waals surface area contributed by atoms with Crippen LogP contribution < -0.4 is 15.5 Å². The van der Waals surface area contributed by atoms with Crippen molar-refractivity contribution in [1.82, 2.24) is 19.3 Å². The van der Waals surface area contributed by atoms with Crippen LogP contribution in [0, 0.1) is 6.92 Å². The second-order valence-corrected chi connectivity index (χ2v) is 8.98. The molecule has 1 aliphatic heterocycles. The third-order valence-corrected chi connectivity index (χ3v) is 6.67. The van der Waals surface area contributed by atoms with Gasteiger partial charge in [0.1, 0.15) is 17.2 Å². The van der Waals surface area contributed by atoms with Gasteiger partial charge in [-0.25, -0.2) is 4.98 Å². The number of halogens is 1. The van der Waals surface area contributed by atoms with Crippen molar-refractivity contribution in [3.63, 3.8) is 0 Å². The lowest BCUT2D eigenvalue weighted by molar-refractivity contribution is -0.129. The Morgan fingerprint density at radius 1 is 1.06 bits per heavy atom. The van der Waals surface area contributed by atoms with Gasteiger partial charge in [0.2, 0.25) is 5.91 Å². The van der Waals surface area contributed by atoms with E-state index in [0.717, 1.165) is 52.8 Å². The van der Waals surface area contributed by atoms with Gasteiger partial charge < -0.3 is 20.4 Å². The van der Waals surface area contributed by atoms with Crippen molar-refractivity contribution in [3.8, 4) is 11.3 Å². The number of pyridine rings is 2. The number of rotatable bonds is 6. The summed E-state index contributed by atoms with van der Waals surface area (Å²) in [6.45, 7) is 4.95. The van der Waals surface area contributed by atoms with Crippen LogP contribution in [-0.2, 0) is 4.79 Å². The molecule has 4 heterocycles. The molecule has 8 nitrogen and oxygen atoms in total. The lowest BCUT2D eigenvalue weighted by Crippen LogP contribution is -2.50. The maximum Gasteiger partial charge on any atom is 0.242 e. The van der Waals surface area contributed by atoms with Crippen molar-refractivity contribution in [1.29, 1.82) is 0 Å². The molecule has 1 saturated heterocycles. The standard InChI is InChI=1S/C26H28ClN7O/c1-18-15-29-16-21(27)25(18)33-13-11-32(12-14-33)23(35)17-30-26-24(19-6-8-20(28-2)9-7-19)31-22-5-3-4-10-34(22)26/h3-10,15-16,28,30H,11-14,17H2,1-2H3. The van der Waals surface area contributed by atoms with Gasteiger partial charge in [0.05, 0.1) is 17.3 Å². The van der Waals surface area contributed by atoms with Gasteiger partial charge in [-0.2, -0.15) is 0 Å². The largest absolute Gasteiger partial charge is 0.388 e. The van der Waals surface area contributed by atoms with Gasteiger partial charge in [-0.05, 0) is 36.8 Å². The van der Waals surface area contributed by atoms with Crippen molar-refractivity contribution in [2.45, 2.75) is 6.92 Å². The molecule has 0 unspecified atom stereocenters. The molecule has 9 heteroatoms. The SMILES string of the molecule is CNc1ccc(-c2nc3ccccn3c2NCC(=O)N2CCN(c3c(C)cncc3Cl)CC2)cc1. The lowest BCUT2D eigenvalue weighted by Gasteiger charge is -2.37. The number of imidazole rings is 1. The third kappa shape index (κ3) is 4.61. The molecular weight excluding hydrogens is 462 g/mol. The molecule has 2 N–H and O–H groups in total. The molecule has 1 aromatic carbocycles. The molecule has 35 heavy (non-hydrogen) atoms. The second-order valence-electron chi connectivity index (χ2n) is 8.57. The summed E-state index contributed by atoms with van der Waals surface area (Å²) in [7, 11) is 1.89. The molecule has 1 amide bonds.